The van der Waals surface area contributed by atoms with Crippen LogP contribution in [0.5, 0.6) is 5.75 Å². The van der Waals surface area contributed by atoms with Crippen molar-refractivity contribution in [2.45, 2.75) is 0 Å². The van der Waals surface area contributed by atoms with Crippen molar-refractivity contribution in [2.24, 2.45) is 0 Å². The SMILES string of the molecule is c1ccc(OB2c3ccccc3-n3c4ccccc4c4ccc(-c5ccccc5)c2c43)cc1. The van der Waals surface area contributed by atoms with Crippen molar-refractivity contribution in [2.75, 3.05) is 0 Å². The van der Waals surface area contributed by atoms with Crippen molar-refractivity contribution in [3.05, 3.63) is 121 Å². The van der Waals surface area contributed by atoms with Gasteiger partial charge in [-0.15, -0.1) is 0 Å². The molecule has 0 aliphatic carbocycles. The predicted molar refractivity (Wildman–Crippen MR) is 138 cm³/mol. The van der Waals surface area contributed by atoms with Gasteiger partial charge in [-0.2, -0.15) is 0 Å². The lowest BCUT2D eigenvalue weighted by Crippen LogP contribution is -2.53. The number of aromatic nitrogens is 1. The topological polar surface area (TPSA) is 14.2 Å². The smallest absolute Gasteiger partial charge is 0.431 e. The summed E-state index contributed by atoms with van der Waals surface area (Å²) in [6.45, 7) is -0.209. The molecule has 0 unspecified atom stereocenters. The van der Waals surface area contributed by atoms with Crippen molar-refractivity contribution in [3.8, 4) is 22.6 Å². The first-order valence-electron chi connectivity index (χ1n) is 11.3. The zero-order valence-corrected chi connectivity index (χ0v) is 18.0. The minimum Gasteiger partial charge on any atom is -0.551 e. The maximum Gasteiger partial charge on any atom is 0.431 e. The van der Waals surface area contributed by atoms with Gasteiger partial charge in [-0.1, -0.05) is 97.1 Å². The molecule has 7 rings (SSSR count). The van der Waals surface area contributed by atoms with Gasteiger partial charge in [0.25, 0.3) is 0 Å². The summed E-state index contributed by atoms with van der Waals surface area (Å²) in [7, 11) is 0. The second-order valence-corrected chi connectivity index (χ2v) is 8.51. The molecule has 2 nitrogen and oxygen atoms in total. The van der Waals surface area contributed by atoms with E-state index >= 15 is 0 Å². The zero-order valence-electron chi connectivity index (χ0n) is 18.0. The number of fused-ring (bicyclic) bond motifs is 5. The zero-order chi connectivity index (χ0) is 21.8. The number of rotatable bonds is 3. The second-order valence-electron chi connectivity index (χ2n) is 8.51. The van der Waals surface area contributed by atoms with Crippen LogP contribution >= 0.6 is 0 Å². The van der Waals surface area contributed by atoms with Crippen LogP contribution in [0.1, 0.15) is 0 Å². The van der Waals surface area contributed by atoms with Crippen LogP contribution in [-0.4, -0.2) is 11.5 Å². The highest BCUT2D eigenvalue weighted by Gasteiger charge is 2.37. The van der Waals surface area contributed by atoms with Gasteiger partial charge in [0, 0.05) is 21.9 Å². The van der Waals surface area contributed by atoms with Gasteiger partial charge in [0.05, 0.1) is 16.8 Å². The highest BCUT2D eigenvalue weighted by molar-refractivity contribution is 6.85. The molecule has 154 valence electrons. The van der Waals surface area contributed by atoms with Gasteiger partial charge in [0.1, 0.15) is 0 Å². The van der Waals surface area contributed by atoms with E-state index in [1.54, 1.807) is 0 Å². The Kier molecular flexibility index (Phi) is 3.97. The van der Waals surface area contributed by atoms with Crippen LogP contribution in [0.4, 0.5) is 0 Å². The van der Waals surface area contributed by atoms with Crippen molar-refractivity contribution in [1.29, 1.82) is 0 Å². The highest BCUT2D eigenvalue weighted by atomic mass is 16.4. The lowest BCUT2D eigenvalue weighted by atomic mass is 9.51. The molecular formula is C30H20BNO. The van der Waals surface area contributed by atoms with Gasteiger partial charge >= 0.3 is 6.92 Å². The molecule has 0 bridgehead atoms. The van der Waals surface area contributed by atoms with Gasteiger partial charge in [-0.25, -0.2) is 0 Å². The summed E-state index contributed by atoms with van der Waals surface area (Å²) in [5.74, 6) is 0.873. The predicted octanol–water partition coefficient (Wildman–Crippen LogP) is 5.95. The number of para-hydroxylation sites is 3. The van der Waals surface area contributed by atoms with Crippen LogP contribution in [0.2, 0.25) is 0 Å². The number of hydrogen-bond donors (Lipinski definition) is 0. The van der Waals surface area contributed by atoms with Crippen molar-refractivity contribution >= 4 is 39.6 Å². The van der Waals surface area contributed by atoms with E-state index in [9.17, 15) is 0 Å². The monoisotopic (exact) mass is 421 g/mol. The summed E-state index contributed by atoms with van der Waals surface area (Å²) >= 11 is 0. The number of hydrogen-bond acceptors (Lipinski definition) is 1. The van der Waals surface area contributed by atoms with E-state index in [1.165, 1.54) is 49.5 Å². The summed E-state index contributed by atoms with van der Waals surface area (Å²) in [6.07, 6.45) is 0. The lowest BCUT2D eigenvalue weighted by molar-refractivity contribution is 0.591. The van der Waals surface area contributed by atoms with E-state index in [0.29, 0.717) is 0 Å². The first kappa shape index (κ1) is 18.3. The number of benzene rings is 5. The Balaban J connectivity index is 1.64. The molecule has 0 spiro atoms. The van der Waals surface area contributed by atoms with E-state index in [0.717, 1.165) is 5.75 Å². The number of nitrogens with zero attached hydrogens (tertiary/aromatic N) is 1. The van der Waals surface area contributed by atoms with Crippen molar-refractivity contribution in [1.82, 2.24) is 4.57 Å². The minimum atomic E-state index is -0.209. The molecule has 0 N–H and O–H groups in total. The fraction of sp³-hybridized carbons (Fsp3) is 0. The van der Waals surface area contributed by atoms with Crippen molar-refractivity contribution in [3.63, 3.8) is 0 Å². The Bertz CT molecular complexity index is 1640. The van der Waals surface area contributed by atoms with E-state index < -0.39 is 0 Å². The summed E-state index contributed by atoms with van der Waals surface area (Å²) in [5.41, 5.74) is 8.45. The molecule has 2 heterocycles. The minimum absolute atomic E-state index is 0.209. The molecule has 5 aromatic carbocycles. The van der Waals surface area contributed by atoms with Gasteiger partial charge in [0.15, 0.2) is 0 Å². The Morgan fingerprint density at radius 2 is 1.27 bits per heavy atom. The molecule has 1 aliphatic rings. The molecule has 0 amide bonds. The highest BCUT2D eigenvalue weighted by Crippen LogP contribution is 2.36. The Hall–Kier alpha value is -4.24. The van der Waals surface area contributed by atoms with E-state index in [2.05, 4.69) is 95.6 Å². The van der Waals surface area contributed by atoms with Crippen LogP contribution in [0.3, 0.4) is 0 Å². The van der Waals surface area contributed by atoms with Gasteiger partial charge in [-0.3, -0.25) is 0 Å². The molecule has 0 saturated heterocycles. The maximum atomic E-state index is 6.77. The lowest BCUT2D eigenvalue weighted by Gasteiger charge is -2.28. The second kappa shape index (κ2) is 7.14. The molecule has 1 aliphatic heterocycles. The molecule has 0 saturated carbocycles. The van der Waals surface area contributed by atoms with Crippen LogP contribution in [0.25, 0.3) is 38.6 Å². The summed E-state index contributed by atoms with van der Waals surface area (Å²) in [5, 5.41) is 2.53. The molecule has 6 aromatic rings. The van der Waals surface area contributed by atoms with Crippen molar-refractivity contribution < 1.29 is 4.65 Å². The summed E-state index contributed by atoms with van der Waals surface area (Å²) in [4.78, 5) is 0. The average molecular weight is 421 g/mol. The maximum absolute atomic E-state index is 6.77. The molecule has 33 heavy (non-hydrogen) atoms. The van der Waals surface area contributed by atoms with Gasteiger partial charge in [0.2, 0.25) is 0 Å². The molecule has 0 atom stereocenters. The average Bonchev–Trinajstić information content (AvgIpc) is 3.23. The third kappa shape index (κ3) is 2.69. The molecule has 0 radical (unpaired) electrons. The third-order valence-corrected chi connectivity index (χ3v) is 6.68. The fourth-order valence-corrected chi connectivity index (χ4v) is 5.29. The first-order chi connectivity index (χ1) is 16.4. The normalized spacial score (nSPS) is 12.2. The van der Waals surface area contributed by atoms with Crippen LogP contribution in [0.15, 0.2) is 121 Å². The molecule has 1 aromatic heterocycles. The molecule has 3 heteroatoms. The fourth-order valence-electron chi connectivity index (χ4n) is 5.29. The summed E-state index contributed by atoms with van der Waals surface area (Å²) in [6, 6.07) is 42.7. The quantitative estimate of drug-likeness (QED) is 0.322. The molecular weight excluding hydrogens is 401 g/mol. The summed E-state index contributed by atoms with van der Waals surface area (Å²) < 4.78 is 9.20. The first-order valence-corrected chi connectivity index (χ1v) is 11.3. The standard InChI is InChI=1S/C30H20BNO/c1-3-11-21(12-4-1)23-19-20-25-24-15-7-9-17-27(24)32-28-18-10-8-16-26(28)31(29(23)30(25)32)33-22-13-5-2-6-14-22/h1-20H. The van der Waals surface area contributed by atoms with Crippen LogP contribution < -0.4 is 15.6 Å². The molecule has 0 fully saturated rings. The Labute approximate surface area is 192 Å². The van der Waals surface area contributed by atoms with E-state index in [-0.39, 0.29) is 6.92 Å². The Morgan fingerprint density at radius 1 is 0.576 bits per heavy atom. The van der Waals surface area contributed by atoms with Gasteiger partial charge < -0.3 is 9.22 Å². The van der Waals surface area contributed by atoms with E-state index in [4.69, 9.17) is 4.65 Å². The third-order valence-electron chi connectivity index (χ3n) is 6.68. The van der Waals surface area contributed by atoms with E-state index in [1.807, 2.05) is 30.3 Å². The van der Waals surface area contributed by atoms with Gasteiger partial charge in [-0.05, 0) is 40.9 Å². The van der Waals surface area contributed by atoms with Crippen LogP contribution in [0, 0.1) is 0 Å². The van der Waals surface area contributed by atoms with Crippen LogP contribution in [-0.2, 0) is 0 Å². The Morgan fingerprint density at radius 3 is 2.12 bits per heavy atom. The largest absolute Gasteiger partial charge is 0.551 e.